The van der Waals surface area contributed by atoms with Gasteiger partial charge in [-0.3, -0.25) is 0 Å². The zero-order chi connectivity index (χ0) is 12.6. The number of rotatable bonds is 2. The molecule has 7 heteroatoms. The minimum atomic E-state index is -0.263. The van der Waals surface area contributed by atoms with E-state index in [0.717, 1.165) is 10.6 Å². The second-order valence-electron chi connectivity index (χ2n) is 4.99. The Morgan fingerprint density at radius 3 is 2.59 bits per heavy atom. The van der Waals surface area contributed by atoms with E-state index >= 15 is 0 Å². The van der Waals surface area contributed by atoms with E-state index in [1.54, 1.807) is 0 Å². The van der Waals surface area contributed by atoms with E-state index in [0.29, 0.717) is 11.7 Å². The van der Waals surface area contributed by atoms with E-state index in [1.165, 1.54) is 11.5 Å². The number of nitrogens with zero attached hydrogens (tertiary/aromatic N) is 4. The molecule has 0 aliphatic carbocycles. The highest BCUT2D eigenvalue weighted by atomic mass is 32.1. The normalized spacial score (nSPS) is 13.9. The van der Waals surface area contributed by atoms with Crippen LogP contribution in [0, 0.1) is 12.3 Å². The molecule has 0 aromatic carbocycles. The zero-order valence-electron chi connectivity index (χ0n) is 10.3. The third-order valence-electron chi connectivity index (χ3n) is 2.50. The average molecular weight is 253 g/mol. The summed E-state index contributed by atoms with van der Waals surface area (Å²) in [5.74, 6) is 0.951. The first-order valence-corrected chi connectivity index (χ1v) is 6.05. The first kappa shape index (κ1) is 12.1. The summed E-state index contributed by atoms with van der Waals surface area (Å²) in [5.41, 5.74) is 6.74. The lowest BCUT2D eigenvalue weighted by Gasteiger charge is -2.23. The van der Waals surface area contributed by atoms with Crippen molar-refractivity contribution in [3.63, 3.8) is 0 Å². The highest BCUT2D eigenvalue weighted by Gasteiger charge is 2.27. The Morgan fingerprint density at radius 1 is 1.35 bits per heavy atom. The molecule has 0 bridgehead atoms. The van der Waals surface area contributed by atoms with Crippen LogP contribution in [0.2, 0.25) is 0 Å². The third kappa shape index (κ3) is 2.34. The number of nitrogens with two attached hydrogens (primary N) is 1. The predicted molar refractivity (Wildman–Crippen MR) is 64.3 cm³/mol. The summed E-state index contributed by atoms with van der Waals surface area (Å²) < 4.78 is 9.03. The maximum atomic E-state index is 6.06. The van der Waals surface area contributed by atoms with Crippen molar-refractivity contribution in [3.8, 4) is 10.8 Å². The van der Waals surface area contributed by atoms with Crippen LogP contribution in [-0.2, 0) is 0 Å². The summed E-state index contributed by atoms with van der Waals surface area (Å²) in [5, 5.41) is 7.83. The van der Waals surface area contributed by atoms with E-state index in [-0.39, 0.29) is 11.5 Å². The van der Waals surface area contributed by atoms with Gasteiger partial charge in [0.05, 0.1) is 11.7 Å². The van der Waals surface area contributed by atoms with Gasteiger partial charge < -0.3 is 10.3 Å². The summed E-state index contributed by atoms with van der Waals surface area (Å²) in [6.07, 6.45) is 0. The van der Waals surface area contributed by atoms with E-state index in [1.807, 2.05) is 27.7 Å². The van der Waals surface area contributed by atoms with Crippen molar-refractivity contribution in [1.82, 2.24) is 19.7 Å². The average Bonchev–Trinajstić information content (AvgIpc) is 2.83. The summed E-state index contributed by atoms with van der Waals surface area (Å²) in [7, 11) is 0. The molecule has 2 rings (SSSR count). The predicted octanol–water partition coefficient (Wildman–Crippen LogP) is 1.94. The Bertz CT molecular complexity index is 513. The van der Waals surface area contributed by atoms with Crippen LogP contribution >= 0.6 is 11.5 Å². The van der Waals surface area contributed by atoms with Gasteiger partial charge in [0.2, 0.25) is 0 Å². The molecule has 1 unspecified atom stereocenters. The van der Waals surface area contributed by atoms with Crippen LogP contribution in [-0.4, -0.2) is 19.7 Å². The molecule has 0 radical (unpaired) electrons. The van der Waals surface area contributed by atoms with Crippen LogP contribution in [0.1, 0.15) is 38.3 Å². The SMILES string of the molecule is Cc1nnsc1-c1nc(C(N)C(C)(C)C)no1. The number of aromatic nitrogens is 4. The van der Waals surface area contributed by atoms with Crippen molar-refractivity contribution in [2.45, 2.75) is 33.7 Å². The lowest BCUT2D eigenvalue weighted by molar-refractivity contribution is 0.303. The minimum absolute atomic E-state index is 0.109. The molecule has 2 aromatic heterocycles. The molecule has 0 spiro atoms. The minimum Gasteiger partial charge on any atom is -0.333 e. The van der Waals surface area contributed by atoms with Crippen molar-refractivity contribution in [1.29, 1.82) is 0 Å². The smallest absolute Gasteiger partial charge is 0.271 e. The van der Waals surface area contributed by atoms with Crippen LogP contribution in [0.5, 0.6) is 0 Å². The monoisotopic (exact) mass is 253 g/mol. The van der Waals surface area contributed by atoms with Gasteiger partial charge in [0.1, 0.15) is 4.88 Å². The van der Waals surface area contributed by atoms with Crippen LogP contribution in [0.15, 0.2) is 4.52 Å². The lowest BCUT2D eigenvalue weighted by atomic mass is 9.87. The molecular formula is C10H15N5OS. The van der Waals surface area contributed by atoms with E-state index in [9.17, 15) is 0 Å². The van der Waals surface area contributed by atoms with E-state index in [2.05, 4.69) is 19.7 Å². The van der Waals surface area contributed by atoms with Crippen LogP contribution in [0.25, 0.3) is 10.8 Å². The van der Waals surface area contributed by atoms with Crippen molar-refractivity contribution >= 4 is 11.5 Å². The molecule has 1 atom stereocenters. The third-order valence-corrected chi connectivity index (χ3v) is 3.31. The highest BCUT2D eigenvalue weighted by Crippen LogP contribution is 2.31. The lowest BCUT2D eigenvalue weighted by Crippen LogP contribution is -2.27. The molecule has 17 heavy (non-hydrogen) atoms. The molecule has 0 saturated heterocycles. The molecule has 2 aromatic rings. The fraction of sp³-hybridized carbons (Fsp3) is 0.600. The molecule has 92 valence electrons. The summed E-state index contributed by atoms with van der Waals surface area (Å²) in [6.45, 7) is 7.96. The molecule has 0 aliphatic heterocycles. The summed E-state index contributed by atoms with van der Waals surface area (Å²) >= 11 is 1.24. The van der Waals surface area contributed by atoms with Gasteiger partial charge in [-0.25, -0.2) is 0 Å². The second kappa shape index (κ2) is 4.15. The van der Waals surface area contributed by atoms with Crippen LogP contribution < -0.4 is 5.73 Å². The van der Waals surface area contributed by atoms with Crippen LogP contribution in [0.4, 0.5) is 0 Å². The molecular weight excluding hydrogens is 238 g/mol. The Morgan fingerprint density at radius 2 is 2.06 bits per heavy atom. The molecule has 6 nitrogen and oxygen atoms in total. The largest absolute Gasteiger partial charge is 0.333 e. The maximum Gasteiger partial charge on any atom is 0.271 e. The quantitative estimate of drug-likeness (QED) is 0.879. The van der Waals surface area contributed by atoms with Crippen molar-refractivity contribution < 1.29 is 4.52 Å². The van der Waals surface area contributed by atoms with Gasteiger partial charge >= 0.3 is 0 Å². The Balaban J connectivity index is 2.31. The molecule has 0 aliphatic rings. The fourth-order valence-electron chi connectivity index (χ4n) is 1.27. The van der Waals surface area contributed by atoms with Gasteiger partial charge in [-0.05, 0) is 23.9 Å². The molecule has 0 fully saturated rings. The maximum absolute atomic E-state index is 6.06. The molecule has 0 saturated carbocycles. The van der Waals surface area contributed by atoms with Crippen LogP contribution in [0.3, 0.4) is 0 Å². The number of hydrogen-bond acceptors (Lipinski definition) is 7. The standard InChI is InChI=1S/C10H15N5OS/c1-5-6(17-15-13-5)9-12-8(14-16-9)7(11)10(2,3)4/h7H,11H2,1-4H3. The molecule has 0 amide bonds. The fourth-order valence-corrected chi connectivity index (χ4v) is 1.85. The number of hydrogen-bond donors (Lipinski definition) is 1. The van der Waals surface area contributed by atoms with E-state index in [4.69, 9.17) is 10.3 Å². The second-order valence-corrected chi connectivity index (χ2v) is 5.74. The number of aryl methyl sites for hydroxylation is 1. The highest BCUT2D eigenvalue weighted by molar-refractivity contribution is 7.09. The Kier molecular flexibility index (Phi) is 2.96. The van der Waals surface area contributed by atoms with Gasteiger partial charge in [-0.15, -0.1) is 5.10 Å². The van der Waals surface area contributed by atoms with Crippen molar-refractivity contribution in [2.75, 3.05) is 0 Å². The van der Waals surface area contributed by atoms with Gasteiger partial charge in [0.15, 0.2) is 5.82 Å². The van der Waals surface area contributed by atoms with Crippen molar-refractivity contribution in [3.05, 3.63) is 11.5 Å². The topological polar surface area (TPSA) is 90.7 Å². The zero-order valence-corrected chi connectivity index (χ0v) is 11.1. The Hall–Kier alpha value is -1.34. The van der Waals surface area contributed by atoms with E-state index < -0.39 is 0 Å². The summed E-state index contributed by atoms with van der Waals surface area (Å²) in [4.78, 5) is 5.10. The van der Waals surface area contributed by atoms with Gasteiger partial charge in [0, 0.05) is 0 Å². The molecule has 2 N–H and O–H groups in total. The Labute approximate surface area is 103 Å². The summed E-state index contributed by atoms with van der Waals surface area (Å²) in [6, 6.07) is -0.263. The first-order chi connectivity index (χ1) is 7.89. The molecule has 2 heterocycles. The van der Waals surface area contributed by atoms with Gasteiger partial charge in [-0.2, -0.15) is 4.98 Å². The first-order valence-electron chi connectivity index (χ1n) is 5.28. The van der Waals surface area contributed by atoms with Gasteiger partial charge in [-0.1, -0.05) is 30.4 Å². The van der Waals surface area contributed by atoms with Crippen molar-refractivity contribution in [2.24, 2.45) is 11.1 Å². The van der Waals surface area contributed by atoms with Gasteiger partial charge in [0.25, 0.3) is 5.89 Å².